The molecule has 1 saturated heterocycles. The fourth-order valence-corrected chi connectivity index (χ4v) is 2.98. The Balaban J connectivity index is 1.78. The Morgan fingerprint density at radius 3 is 2.50 bits per heavy atom. The third kappa shape index (κ3) is 3.46. The first-order valence-corrected chi connectivity index (χ1v) is 7.21. The highest BCUT2D eigenvalue weighted by molar-refractivity contribution is 4.83. The van der Waals surface area contributed by atoms with Gasteiger partial charge in [0.1, 0.15) is 0 Å². The van der Waals surface area contributed by atoms with E-state index in [-0.39, 0.29) is 0 Å². The van der Waals surface area contributed by atoms with Gasteiger partial charge in [-0.2, -0.15) is 0 Å². The summed E-state index contributed by atoms with van der Waals surface area (Å²) in [4.78, 5) is 0. The van der Waals surface area contributed by atoms with E-state index in [0.717, 1.165) is 31.1 Å². The summed E-state index contributed by atoms with van der Waals surface area (Å²) >= 11 is 0. The molecule has 94 valence electrons. The van der Waals surface area contributed by atoms with Crippen molar-refractivity contribution in [3.8, 4) is 0 Å². The monoisotopic (exact) mass is 225 g/mol. The van der Waals surface area contributed by atoms with Gasteiger partial charge in [-0.15, -0.1) is 0 Å². The maximum absolute atomic E-state index is 5.47. The SMILES string of the molecule is CCCNC(CC1CCC1)C1CCOCC1. The van der Waals surface area contributed by atoms with E-state index < -0.39 is 0 Å². The van der Waals surface area contributed by atoms with Crippen LogP contribution in [-0.4, -0.2) is 25.8 Å². The van der Waals surface area contributed by atoms with Crippen LogP contribution in [0.1, 0.15) is 51.9 Å². The van der Waals surface area contributed by atoms with E-state index in [2.05, 4.69) is 12.2 Å². The second kappa shape index (κ2) is 6.61. The van der Waals surface area contributed by atoms with Gasteiger partial charge >= 0.3 is 0 Å². The van der Waals surface area contributed by atoms with Gasteiger partial charge in [0.2, 0.25) is 0 Å². The lowest BCUT2D eigenvalue weighted by molar-refractivity contribution is 0.0476. The number of hydrogen-bond donors (Lipinski definition) is 1. The van der Waals surface area contributed by atoms with Crippen LogP contribution in [0.4, 0.5) is 0 Å². The molecule has 0 bridgehead atoms. The zero-order valence-corrected chi connectivity index (χ0v) is 10.7. The average Bonchev–Trinajstić information content (AvgIpc) is 2.28. The summed E-state index contributed by atoms with van der Waals surface area (Å²) in [6.45, 7) is 5.42. The number of hydrogen-bond acceptors (Lipinski definition) is 2. The molecule has 2 rings (SSSR count). The first-order chi connectivity index (χ1) is 7.90. The fraction of sp³-hybridized carbons (Fsp3) is 1.00. The standard InChI is InChI=1S/C14H27NO/c1-2-8-15-14(11-12-4-3-5-12)13-6-9-16-10-7-13/h12-15H,2-11H2,1H3. The number of nitrogens with one attached hydrogen (secondary N) is 1. The molecule has 2 heteroatoms. The zero-order chi connectivity index (χ0) is 11.2. The molecule has 1 N–H and O–H groups in total. The second-order valence-corrected chi connectivity index (χ2v) is 5.54. The molecule has 2 nitrogen and oxygen atoms in total. The van der Waals surface area contributed by atoms with Crippen molar-refractivity contribution in [1.29, 1.82) is 0 Å². The number of rotatable bonds is 6. The minimum absolute atomic E-state index is 0.772. The summed E-state index contributed by atoms with van der Waals surface area (Å²) in [5, 5.41) is 3.78. The summed E-state index contributed by atoms with van der Waals surface area (Å²) in [7, 11) is 0. The Morgan fingerprint density at radius 2 is 1.94 bits per heavy atom. The molecule has 1 heterocycles. The van der Waals surface area contributed by atoms with E-state index >= 15 is 0 Å². The molecular formula is C14H27NO. The van der Waals surface area contributed by atoms with Gasteiger partial charge in [0.15, 0.2) is 0 Å². The van der Waals surface area contributed by atoms with E-state index in [1.807, 2.05) is 0 Å². The Kier molecular flexibility index (Phi) is 5.11. The molecule has 2 fully saturated rings. The van der Waals surface area contributed by atoms with Gasteiger partial charge in [0.05, 0.1) is 0 Å². The summed E-state index contributed by atoms with van der Waals surface area (Å²) in [5.74, 6) is 1.90. The van der Waals surface area contributed by atoms with Crippen LogP contribution in [0.25, 0.3) is 0 Å². The first kappa shape index (κ1) is 12.4. The van der Waals surface area contributed by atoms with Crippen molar-refractivity contribution in [3.05, 3.63) is 0 Å². The predicted octanol–water partition coefficient (Wildman–Crippen LogP) is 2.97. The largest absolute Gasteiger partial charge is 0.381 e. The van der Waals surface area contributed by atoms with Gasteiger partial charge < -0.3 is 10.1 Å². The highest BCUT2D eigenvalue weighted by atomic mass is 16.5. The van der Waals surface area contributed by atoms with Crippen molar-refractivity contribution in [1.82, 2.24) is 5.32 Å². The van der Waals surface area contributed by atoms with Crippen LogP contribution in [0, 0.1) is 11.8 Å². The van der Waals surface area contributed by atoms with E-state index in [1.54, 1.807) is 0 Å². The molecule has 1 aliphatic heterocycles. The topological polar surface area (TPSA) is 21.3 Å². The van der Waals surface area contributed by atoms with Crippen molar-refractivity contribution in [3.63, 3.8) is 0 Å². The molecule has 16 heavy (non-hydrogen) atoms. The fourth-order valence-electron chi connectivity index (χ4n) is 2.98. The van der Waals surface area contributed by atoms with Gasteiger partial charge in [-0.3, -0.25) is 0 Å². The molecule has 0 spiro atoms. The predicted molar refractivity (Wildman–Crippen MR) is 67.6 cm³/mol. The van der Waals surface area contributed by atoms with Crippen LogP contribution >= 0.6 is 0 Å². The van der Waals surface area contributed by atoms with Crippen molar-refractivity contribution in [2.45, 2.75) is 57.9 Å². The Bertz CT molecular complexity index is 185. The molecule has 0 aromatic rings. The molecule has 0 radical (unpaired) electrons. The summed E-state index contributed by atoms with van der Waals surface area (Å²) in [6, 6.07) is 0.772. The zero-order valence-electron chi connectivity index (χ0n) is 10.7. The normalized spacial score (nSPS) is 25.3. The molecule has 2 aliphatic rings. The van der Waals surface area contributed by atoms with Gasteiger partial charge in [-0.05, 0) is 44.1 Å². The summed E-state index contributed by atoms with van der Waals surface area (Å²) in [5.41, 5.74) is 0. The maximum atomic E-state index is 5.47. The van der Waals surface area contributed by atoms with Crippen LogP contribution in [0.5, 0.6) is 0 Å². The molecule has 1 aliphatic carbocycles. The lowest BCUT2D eigenvalue weighted by Gasteiger charge is -2.36. The van der Waals surface area contributed by atoms with Crippen molar-refractivity contribution in [2.75, 3.05) is 19.8 Å². The highest BCUT2D eigenvalue weighted by Gasteiger charge is 2.28. The third-order valence-corrected chi connectivity index (χ3v) is 4.30. The van der Waals surface area contributed by atoms with Gasteiger partial charge in [0.25, 0.3) is 0 Å². The Morgan fingerprint density at radius 1 is 1.19 bits per heavy atom. The lowest BCUT2D eigenvalue weighted by Crippen LogP contribution is -2.41. The van der Waals surface area contributed by atoms with Gasteiger partial charge in [0, 0.05) is 19.3 Å². The van der Waals surface area contributed by atoms with Gasteiger partial charge in [-0.1, -0.05) is 26.2 Å². The van der Waals surface area contributed by atoms with Crippen molar-refractivity contribution < 1.29 is 4.74 Å². The molecule has 1 unspecified atom stereocenters. The van der Waals surface area contributed by atoms with Crippen LogP contribution in [0.15, 0.2) is 0 Å². The Labute approximate surface area is 100 Å². The summed E-state index contributed by atoms with van der Waals surface area (Å²) in [6.07, 6.45) is 9.65. The van der Waals surface area contributed by atoms with Crippen LogP contribution in [-0.2, 0) is 4.74 Å². The molecular weight excluding hydrogens is 198 g/mol. The minimum atomic E-state index is 0.772. The van der Waals surface area contributed by atoms with Crippen LogP contribution in [0.3, 0.4) is 0 Å². The highest BCUT2D eigenvalue weighted by Crippen LogP contribution is 2.33. The minimum Gasteiger partial charge on any atom is -0.381 e. The van der Waals surface area contributed by atoms with E-state index in [0.29, 0.717) is 0 Å². The number of ether oxygens (including phenoxy) is 1. The van der Waals surface area contributed by atoms with Crippen LogP contribution in [0.2, 0.25) is 0 Å². The second-order valence-electron chi connectivity index (χ2n) is 5.54. The molecule has 0 aromatic carbocycles. The molecule has 1 atom stereocenters. The third-order valence-electron chi connectivity index (χ3n) is 4.30. The van der Waals surface area contributed by atoms with Crippen LogP contribution < -0.4 is 5.32 Å². The van der Waals surface area contributed by atoms with Gasteiger partial charge in [-0.25, -0.2) is 0 Å². The average molecular weight is 225 g/mol. The van der Waals surface area contributed by atoms with E-state index in [4.69, 9.17) is 4.74 Å². The maximum Gasteiger partial charge on any atom is 0.0469 e. The van der Waals surface area contributed by atoms with Crippen molar-refractivity contribution >= 4 is 0 Å². The lowest BCUT2D eigenvalue weighted by atomic mass is 9.77. The van der Waals surface area contributed by atoms with E-state index in [9.17, 15) is 0 Å². The smallest absolute Gasteiger partial charge is 0.0469 e. The quantitative estimate of drug-likeness (QED) is 0.750. The molecule has 1 saturated carbocycles. The molecule has 0 aromatic heterocycles. The summed E-state index contributed by atoms with van der Waals surface area (Å²) < 4.78 is 5.47. The van der Waals surface area contributed by atoms with E-state index in [1.165, 1.54) is 51.5 Å². The van der Waals surface area contributed by atoms with Crippen molar-refractivity contribution in [2.24, 2.45) is 11.8 Å². The Hall–Kier alpha value is -0.0800. The first-order valence-electron chi connectivity index (χ1n) is 7.21. The molecule has 0 amide bonds.